The maximum atomic E-state index is 14.4. The lowest BCUT2D eigenvalue weighted by Crippen LogP contribution is -2.26. The Morgan fingerprint density at radius 3 is 1.93 bits per heavy atom. The van der Waals surface area contributed by atoms with Crippen LogP contribution in [0, 0.1) is 11.6 Å². The minimum Gasteiger partial charge on any atom is -0.497 e. The van der Waals surface area contributed by atoms with Gasteiger partial charge in [0.15, 0.2) is 6.29 Å². The molecular formula is C23H20F2O3. The van der Waals surface area contributed by atoms with E-state index in [1.165, 1.54) is 12.1 Å². The van der Waals surface area contributed by atoms with E-state index < -0.39 is 18.2 Å². The Bertz CT molecular complexity index is 889. The maximum Gasteiger partial charge on any atom is 0.188 e. The maximum absolute atomic E-state index is 14.4. The molecule has 0 bridgehead atoms. The molecule has 0 saturated carbocycles. The van der Waals surface area contributed by atoms with Crippen LogP contribution in [0.5, 0.6) is 5.75 Å². The van der Waals surface area contributed by atoms with E-state index in [-0.39, 0.29) is 11.9 Å². The third-order valence-electron chi connectivity index (χ3n) is 4.90. The Balaban J connectivity index is 1.70. The van der Waals surface area contributed by atoms with Gasteiger partial charge in [-0.05, 0) is 29.8 Å². The van der Waals surface area contributed by atoms with E-state index in [0.29, 0.717) is 17.5 Å². The molecule has 5 heteroatoms. The molecule has 0 spiro atoms. The first-order valence-corrected chi connectivity index (χ1v) is 9.09. The molecule has 28 heavy (non-hydrogen) atoms. The number of hydrogen-bond acceptors (Lipinski definition) is 3. The van der Waals surface area contributed by atoms with Crippen LogP contribution >= 0.6 is 0 Å². The van der Waals surface area contributed by atoms with Gasteiger partial charge < -0.3 is 14.2 Å². The molecule has 0 aromatic heterocycles. The minimum atomic E-state index is -0.938. The van der Waals surface area contributed by atoms with Gasteiger partial charge in [0.1, 0.15) is 17.4 Å². The first-order chi connectivity index (χ1) is 13.7. The molecule has 3 nitrogen and oxygen atoms in total. The number of methoxy groups -OCH3 is 1. The van der Waals surface area contributed by atoms with Crippen molar-refractivity contribution in [2.24, 2.45) is 0 Å². The van der Waals surface area contributed by atoms with Crippen molar-refractivity contribution in [2.45, 2.75) is 24.9 Å². The molecule has 0 amide bonds. The van der Waals surface area contributed by atoms with E-state index in [1.807, 2.05) is 24.3 Å². The Labute approximate surface area is 162 Å². The molecule has 0 N–H and O–H groups in total. The molecule has 0 aliphatic carbocycles. The number of halogens is 2. The summed E-state index contributed by atoms with van der Waals surface area (Å²) in [5, 5.41) is 0. The number of ether oxygens (including phenoxy) is 3. The van der Waals surface area contributed by atoms with Crippen molar-refractivity contribution in [1.29, 1.82) is 0 Å². The molecule has 4 rings (SSSR count). The van der Waals surface area contributed by atoms with Crippen LogP contribution < -0.4 is 4.74 Å². The van der Waals surface area contributed by atoms with Crippen molar-refractivity contribution < 1.29 is 23.0 Å². The fraction of sp³-hybridized carbons (Fsp3) is 0.217. The Hall–Kier alpha value is -2.76. The van der Waals surface area contributed by atoms with Crippen molar-refractivity contribution in [3.8, 4) is 5.75 Å². The van der Waals surface area contributed by atoms with E-state index in [4.69, 9.17) is 14.2 Å². The predicted molar refractivity (Wildman–Crippen MR) is 101 cm³/mol. The minimum absolute atomic E-state index is 0.294. The molecule has 0 unspecified atom stereocenters. The van der Waals surface area contributed by atoms with Crippen LogP contribution in [0.25, 0.3) is 0 Å². The zero-order valence-corrected chi connectivity index (χ0v) is 15.3. The van der Waals surface area contributed by atoms with Gasteiger partial charge in [-0.1, -0.05) is 48.5 Å². The van der Waals surface area contributed by atoms with Crippen LogP contribution in [0.1, 0.15) is 41.6 Å². The highest BCUT2D eigenvalue weighted by atomic mass is 19.1. The summed E-state index contributed by atoms with van der Waals surface area (Å²) in [7, 11) is 1.60. The zero-order chi connectivity index (χ0) is 19.5. The molecule has 1 saturated heterocycles. The number of hydrogen-bond donors (Lipinski definition) is 0. The second kappa shape index (κ2) is 8.09. The number of rotatable bonds is 4. The summed E-state index contributed by atoms with van der Waals surface area (Å²) in [6.07, 6.45) is -1.47. The first kappa shape index (κ1) is 18.6. The summed E-state index contributed by atoms with van der Waals surface area (Å²) < 4.78 is 46.0. The standard InChI is InChI=1S/C23H20F2O3/c1-26-16-12-10-15(11-13-16)21-14-22(17-6-2-4-8-19(17)24)28-23(27-21)18-7-3-5-9-20(18)25/h2-13,21-23H,14H2,1H3/t21-,22+,23+/m1/s1. The highest BCUT2D eigenvalue weighted by Crippen LogP contribution is 2.44. The lowest BCUT2D eigenvalue weighted by molar-refractivity contribution is -0.254. The molecule has 1 aliphatic heterocycles. The second-order valence-electron chi connectivity index (χ2n) is 6.63. The lowest BCUT2D eigenvalue weighted by Gasteiger charge is -2.36. The molecule has 0 radical (unpaired) electrons. The van der Waals surface area contributed by atoms with Crippen molar-refractivity contribution in [3.63, 3.8) is 0 Å². The fourth-order valence-corrected chi connectivity index (χ4v) is 3.42. The summed E-state index contributed by atoms with van der Waals surface area (Å²) in [6, 6.07) is 20.3. The van der Waals surface area contributed by atoms with Crippen molar-refractivity contribution in [2.75, 3.05) is 7.11 Å². The monoisotopic (exact) mass is 382 g/mol. The van der Waals surface area contributed by atoms with Gasteiger partial charge >= 0.3 is 0 Å². The van der Waals surface area contributed by atoms with Crippen molar-refractivity contribution in [1.82, 2.24) is 0 Å². The second-order valence-corrected chi connectivity index (χ2v) is 6.63. The van der Waals surface area contributed by atoms with Gasteiger partial charge in [-0.3, -0.25) is 0 Å². The Kier molecular flexibility index (Phi) is 5.37. The van der Waals surface area contributed by atoms with Crippen LogP contribution in [-0.4, -0.2) is 7.11 Å². The predicted octanol–water partition coefficient (Wildman–Crippen LogP) is 5.89. The fourth-order valence-electron chi connectivity index (χ4n) is 3.42. The highest BCUT2D eigenvalue weighted by Gasteiger charge is 2.35. The van der Waals surface area contributed by atoms with Crippen LogP contribution in [-0.2, 0) is 9.47 Å². The SMILES string of the molecule is COc1ccc([C@H]2C[C@@H](c3ccccc3F)O[C@@H](c3ccccc3F)O2)cc1. The van der Waals surface area contributed by atoms with Gasteiger partial charge in [-0.15, -0.1) is 0 Å². The first-order valence-electron chi connectivity index (χ1n) is 9.09. The third kappa shape index (κ3) is 3.77. The molecule has 3 atom stereocenters. The molecule has 1 fully saturated rings. The van der Waals surface area contributed by atoms with E-state index in [1.54, 1.807) is 43.5 Å². The Morgan fingerprint density at radius 1 is 0.750 bits per heavy atom. The van der Waals surface area contributed by atoms with Gasteiger partial charge in [0.25, 0.3) is 0 Å². The smallest absolute Gasteiger partial charge is 0.188 e. The van der Waals surface area contributed by atoms with Crippen molar-refractivity contribution >= 4 is 0 Å². The number of benzene rings is 3. The van der Waals surface area contributed by atoms with E-state index in [2.05, 4.69) is 0 Å². The van der Waals surface area contributed by atoms with Gasteiger partial charge in [0, 0.05) is 17.5 Å². The molecular weight excluding hydrogens is 362 g/mol. The Morgan fingerprint density at radius 2 is 1.32 bits per heavy atom. The summed E-state index contributed by atoms with van der Waals surface area (Å²) in [5.41, 5.74) is 1.62. The van der Waals surface area contributed by atoms with Gasteiger partial charge in [0.2, 0.25) is 0 Å². The van der Waals surface area contributed by atoms with Gasteiger partial charge in [-0.2, -0.15) is 0 Å². The average Bonchev–Trinajstić information content (AvgIpc) is 2.74. The average molecular weight is 382 g/mol. The molecule has 1 heterocycles. The zero-order valence-electron chi connectivity index (χ0n) is 15.3. The van der Waals surface area contributed by atoms with Crippen LogP contribution in [0.4, 0.5) is 8.78 Å². The summed E-state index contributed by atoms with van der Waals surface area (Å²) in [5.74, 6) is -0.0440. The quantitative estimate of drug-likeness (QED) is 0.563. The van der Waals surface area contributed by atoms with Gasteiger partial charge in [-0.25, -0.2) is 8.78 Å². The topological polar surface area (TPSA) is 27.7 Å². The van der Waals surface area contributed by atoms with E-state index in [0.717, 1.165) is 11.3 Å². The molecule has 3 aromatic carbocycles. The van der Waals surface area contributed by atoms with Crippen LogP contribution in [0.3, 0.4) is 0 Å². The van der Waals surface area contributed by atoms with Crippen LogP contribution in [0.15, 0.2) is 72.8 Å². The van der Waals surface area contributed by atoms with E-state index >= 15 is 0 Å². The summed E-state index contributed by atoms with van der Waals surface area (Å²) in [6.45, 7) is 0. The van der Waals surface area contributed by atoms with Crippen molar-refractivity contribution in [3.05, 3.63) is 101 Å². The van der Waals surface area contributed by atoms with E-state index in [9.17, 15) is 8.78 Å². The molecule has 144 valence electrons. The summed E-state index contributed by atoms with van der Waals surface area (Å²) >= 11 is 0. The van der Waals surface area contributed by atoms with Gasteiger partial charge in [0.05, 0.1) is 19.3 Å². The van der Waals surface area contributed by atoms with Crippen LogP contribution in [0.2, 0.25) is 0 Å². The highest BCUT2D eigenvalue weighted by molar-refractivity contribution is 5.30. The molecule has 3 aromatic rings. The summed E-state index contributed by atoms with van der Waals surface area (Å²) in [4.78, 5) is 0. The lowest BCUT2D eigenvalue weighted by atomic mass is 9.96. The largest absolute Gasteiger partial charge is 0.497 e. The normalized spacial score (nSPS) is 22.0. The third-order valence-corrected chi connectivity index (χ3v) is 4.90. The molecule has 1 aliphatic rings.